The zero-order valence-electron chi connectivity index (χ0n) is 14.5. The van der Waals surface area contributed by atoms with Crippen molar-refractivity contribution in [2.45, 2.75) is 0 Å². The van der Waals surface area contributed by atoms with Gasteiger partial charge in [0.05, 0.1) is 0 Å². The third-order valence-corrected chi connectivity index (χ3v) is 4.78. The Kier molecular flexibility index (Phi) is 5.34. The normalized spacial score (nSPS) is 10.2. The number of nitrogens with one attached hydrogen (secondary N) is 2. The molecule has 0 bridgehead atoms. The molecule has 6 heteroatoms. The molecule has 132 valence electrons. The first kappa shape index (κ1) is 17.7. The van der Waals surface area contributed by atoms with Crippen molar-refractivity contribution in [3.63, 3.8) is 0 Å². The quantitative estimate of drug-likeness (QED) is 0.695. The van der Waals surface area contributed by atoms with Crippen LogP contribution in [0.1, 0.15) is 20.0 Å². The lowest BCUT2D eigenvalue weighted by atomic mass is 10.1. The molecule has 0 aliphatic rings. The van der Waals surface area contributed by atoms with Crippen molar-refractivity contribution in [2.24, 2.45) is 0 Å². The Morgan fingerprint density at radius 3 is 2.35 bits per heavy atom. The number of hydrogen-bond donors (Lipinski definition) is 2. The Hall–Kier alpha value is -3.12. The third-order valence-electron chi connectivity index (χ3n) is 3.87. The van der Waals surface area contributed by atoms with Crippen molar-refractivity contribution in [1.29, 1.82) is 0 Å². The lowest BCUT2D eigenvalue weighted by Crippen LogP contribution is -2.41. The second-order valence-corrected chi connectivity index (χ2v) is 6.80. The number of anilines is 1. The van der Waals surface area contributed by atoms with Gasteiger partial charge in [0, 0.05) is 30.9 Å². The van der Waals surface area contributed by atoms with Gasteiger partial charge in [-0.2, -0.15) is 0 Å². The van der Waals surface area contributed by atoms with Crippen LogP contribution in [0.25, 0.3) is 11.1 Å². The van der Waals surface area contributed by atoms with Crippen LogP contribution in [0.5, 0.6) is 0 Å². The van der Waals surface area contributed by atoms with E-state index >= 15 is 0 Å². The SMILES string of the molecule is CN(C)c1cccc(C(=O)NNC(=O)c2sccc2-c2ccccc2)c1. The van der Waals surface area contributed by atoms with Crippen molar-refractivity contribution in [3.05, 3.63) is 76.5 Å². The molecule has 2 aromatic carbocycles. The molecule has 5 nitrogen and oxygen atoms in total. The molecule has 0 saturated heterocycles. The Labute approximate surface area is 156 Å². The number of benzene rings is 2. The minimum absolute atomic E-state index is 0.337. The molecule has 1 heterocycles. The molecule has 0 spiro atoms. The van der Waals surface area contributed by atoms with E-state index in [-0.39, 0.29) is 11.8 Å². The van der Waals surface area contributed by atoms with Crippen LogP contribution in [0.3, 0.4) is 0 Å². The molecule has 0 unspecified atom stereocenters. The smallest absolute Gasteiger partial charge is 0.280 e. The van der Waals surface area contributed by atoms with E-state index in [1.807, 2.05) is 66.8 Å². The topological polar surface area (TPSA) is 61.4 Å². The van der Waals surface area contributed by atoms with E-state index in [0.29, 0.717) is 10.4 Å². The van der Waals surface area contributed by atoms with Crippen molar-refractivity contribution in [3.8, 4) is 11.1 Å². The van der Waals surface area contributed by atoms with Gasteiger partial charge in [-0.3, -0.25) is 20.4 Å². The van der Waals surface area contributed by atoms with Crippen LogP contribution in [0, 0.1) is 0 Å². The highest BCUT2D eigenvalue weighted by atomic mass is 32.1. The van der Waals surface area contributed by atoms with Gasteiger partial charge in [-0.05, 0) is 35.2 Å². The van der Waals surface area contributed by atoms with E-state index in [2.05, 4.69) is 10.9 Å². The van der Waals surface area contributed by atoms with Crippen LogP contribution in [-0.4, -0.2) is 25.9 Å². The first-order chi connectivity index (χ1) is 12.6. The van der Waals surface area contributed by atoms with Crippen LogP contribution in [-0.2, 0) is 0 Å². The Morgan fingerprint density at radius 2 is 1.62 bits per heavy atom. The molecule has 2 amide bonds. The Balaban J connectivity index is 1.69. The van der Waals surface area contributed by atoms with Crippen LogP contribution < -0.4 is 15.8 Å². The predicted molar refractivity (Wildman–Crippen MR) is 105 cm³/mol. The van der Waals surface area contributed by atoms with E-state index in [1.54, 1.807) is 18.2 Å². The second-order valence-electron chi connectivity index (χ2n) is 5.88. The molecule has 3 rings (SSSR count). The summed E-state index contributed by atoms with van der Waals surface area (Å²) in [7, 11) is 3.81. The summed E-state index contributed by atoms with van der Waals surface area (Å²) in [6, 6.07) is 18.8. The van der Waals surface area contributed by atoms with Crippen LogP contribution >= 0.6 is 11.3 Å². The van der Waals surface area contributed by atoms with Gasteiger partial charge in [0.15, 0.2) is 0 Å². The average molecular weight is 365 g/mol. The average Bonchev–Trinajstić information content (AvgIpc) is 3.16. The summed E-state index contributed by atoms with van der Waals surface area (Å²) < 4.78 is 0. The number of amides is 2. The number of carbonyl (C=O) groups is 2. The minimum atomic E-state index is -0.361. The van der Waals surface area contributed by atoms with Gasteiger partial charge in [-0.1, -0.05) is 36.4 Å². The highest BCUT2D eigenvalue weighted by Gasteiger charge is 2.15. The Morgan fingerprint density at radius 1 is 0.885 bits per heavy atom. The highest BCUT2D eigenvalue weighted by Crippen LogP contribution is 2.27. The van der Waals surface area contributed by atoms with Crippen LogP contribution in [0.2, 0.25) is 0 Å². The first-order valence-corrected chi connectivity index (χ1v) is 8.95. The maximum Gasteiger partial charge on any atom is 0.280 e. The van der Waals surface area contributed by atoms with Crippen molar-refractivity contribution in [1.82, 2.24) is 10.9 Å². The standard InChI is InChI=1S/C20H19N3O2S/c1-23(2)16-10-6-9-15(13-16)19(24)21-22-20(25)18-17(11-12-26-18)14-7-4-3-5-8-14/h3-13H,1-2H3,(H,21,24)(H,22,25). The summed E-state index contributed by atoms with van der Waals surface area (Å²) in [4.78, 5) is 27.3. The zero-order valence-corrected chi connectivity index (χ0v) is 15.3. The first-order valence-electron chi connectivity index (χ1n) is 8.07. The predicted octanol–water partition coefficient (Wildman–Crippen LogP) is 3.56. The molecule has 0 fully saturated rings. The summed E-state index contributed by atoms with van der Waals surface area (Å²) in [5, 5.41) is 1.86. The maximum atomic E-state index is 12.5. The minimum Gasteiger partial charge on any atom is -0.378 e. The van der Waals surface area contributed by atoms with Crippen LogP contribution in [0.4, 0.5) is 5.69 Å². The molecule has 0 atom stereocenters. The summed E-state index contributed by atoms with van der Waals surface area (Å²) in [5.74, 6) is -0.698. The monoisotopic (exact) mass is 365 g/mol. The maximum absolute atomic E-state index is 12.5. The van der Waals surface area contributed by atoms with E-state index in [0.717, 1.165) is 16.8 Å². The highest BCUT2D eigenvalue weighted by molar-refractivity contribution is 7.12. The summed E-state index contributed by atoms with van der Waals surface area (Å²) in [5.41, 5.74) is 8.18. The van der Waals surface area contributed by atoms with Crippen molar-refractivity contribution < 1.29 is 9.59 Å². The van der Waals surface area contributed by atoms with Gasteiger partial charge >= 0.3 is 0 Å². The van der Waals surface area contributed by atoms with Gasteiger partial charge in [0.25, 0.3) is 11.8 Å². The molecule has 0 radical (unpaired) electrons. The van der Waals surface area contributed by atoms with Crippen LogP contribution in [0.15, 0.2) is 66.0 Å². The number of hydrogen-bond acceptors (Lipinski definition) is 4. The second kappa shape index (κ2) is 7.84. The molecule has 0 saturated carbocycles. The summed E-state index contributed by atoms with van der Waals surface area (Å²) >= 11 is 1.34. The number of nitrogens with zero attached hydrogens (tertiary/aromatic N) is 1. The largest absolute Gasteiger partial charge is 0.378 e. The van der Waals surface area contributed by atoms with Crippen molar-refractivity contribution in [2.75, 3.05) is 19.0 Å². The van der Waals surface area contributed by atoms with E-state index in [9.17, 15) is 9.59 Å². The van der Waals surface area contributed by atoms with E-state index < -0.39 is 0 Å². The molecule has 2 N–H and O–H groups in total. The summed E-state index contributed by atoms with van der Waals surface area (Å²) in [6.07, 6.45) is 0. The summed E-state index contributed by atoms with van der Waals surface area (Å²) in [6.45, 7) is 0. The number of carbonyl (C=O) groups excluding carboxylic acids is 2. The van der Waals surface area contributed by atoms with E-state index in [1.165, 1.54) is 11.3 Å². The molecular weight excluding hydrogens is 346 g/mol. The van der Waals surface area contributed by atoms with Gasteiger partial charge in [0.1, 0.15) is 4.88 Å². The third kappa shape index (κ3) is 3.92. The molecule has 0 aliphatic heterocycles. The molecule has 3 aromatic rings. The lowest BCUT2D eigenvalue weighted by molar-refractivity contribution is 0.0849. The van der Waals surface area contributed by atoms with Gasteiger partial charge in [0.2, 0.25) is 0 Å². The Bertz CT molecular complexity index is 920. The van der Waals surface area contributed by atoms with E-state index in [4.69, 9.17) is 0 Å². The van der Waals surface area contributed by atoms with Crippen molar-refractivity contribution >= 4 is 28.8 Å². The number of hydrazine groups is 1. The van der Waals surface area contributed by atoms with Gasteiger partial charge in [-0.25, -0.2) is 0 Å². The number of rotatable bonds is 4. The van der Waals surface area contributed by atoms with Gasteiger partial charge < -0.3 is 4.90 Å². The lowest BCUT2D eigenvalue weighted by Gasteiger charge is -2.13. The fourth-order valence-corrected chi connectivity index (χ4v) is 3.31. The molecule has 1 aromatic heterocycles. The molecular formula is C20H19N3O2S. The zero-order chi connectivity index (χ0) is 18.5. The fraction of sp³-hybridized carbons (Fsp3) is 0.100. The molecule has 0 aliphatic carbocycles. The fourth-order valence-electron chi connectivity index (χ4n) is 2.50. The molecule has 26 heavy (non-hydrogen) atoms. The van der Waals surface area contributed by atoms with Gasteiger partial charge in [-0.15, -0.1) is 11.3 Å². The number of thiophene rings is 1.